The van der Waals surface area contributed by atoms with Crippen LogP contribution in [-0.2, 0) is 19.0 Å². The average molecular weight is 357 g/mol. The van der Waals surface area contributed by atoms with Crippen molar-refractivity contribution in [2.45, 2.75) is 36.6 Å². The number of nitriles is 1. The highest BCUT2D eigenvalue weighted by molar-refractivity contribution is 7.86. The largest absolute Gasteiger partial charge is 0.374 e. The minimum absolute atomic E-state index is 0.00715. The molecule has 1 aromatic carbocycles. The first-order valence-corrected chi connectivity index (χ1v) is 10.5. The van der Waals surface area contributed by atoms with Crippen molar-refractivity contribution in [2.75, 3.05) is 0 Å². The van der Waals surface area contributed by atoms with Crippen LogP contribution in [0, 0.1) is 59.7 Å². The summed E-state index contributed by atoms with van der Waals surface area (Å²) < 4.78 is 37.7. The first kappa shape index (κ1) is 14.7. The van der Waals surface area contributed by atoms with E-state index in [2.05, 4.69) is 6.07 Å². The molecule has 0 spiro atoms. The Hall–Kier alpha value is -1.42. The van der Waals surface area contributed by atoms with Crippen LogP contribution in [0.15, 0.2) is 29.2 Å². The molecule has 6 bridgehead atoms. The second-order valence-electron chi connectivity index (χ2n) is 8.41. The molecule has 0 radical (unpaired) electrons. The van der Waals surface area contributed by atoms with Crippen LogP contribution in [0.25, 0.3) is 0 Å². The smallest absolute Gasteiger partial charge is 0.297 e. The van der Waals surface area contributed by atoms with Gasteiger partial charge in [0.15, 0.2) is 0 Å². The fourth-order valence-electron chi connectivity index (χ4n) is 7.08. The number of aryl methyl sites for hydroxylation is 1. The molecule has 0 aromatic heterocycles. The summed E-state index contributed by atoms with van der Waals surface area (Å²) in [6.45, 7) is 1.92. The lowest BCUT2D eigenvalue weighted by Gasteiger charge is -2.38. The van der Waals surface area contributed by atoms with Crippen LogP contribution in [0.2, 0.25) is 0 Å². The molecular weight excluding hydrogens is 338 g/mol. The minimum atomic E-state index is -3.83. The van der Waals surface area contributed by atoms with E-state index in [0.717, 1.165) is 12.0 Å². The Labute approximate surface area is 147 Å². The summed E-state index contributed by atoms with van der Waals surface area (Å²) >= 11 is 0. The van der Waals surface area contributed by atoms with Crippen molar-refractivity contribution in [1.82, 2.24) is 0 Å². The number of hydrogen-bond acceptors (Lipinski definition) is 5. The molecule has 1 aliphatic heterocycles. The van der Waals surface area contributed by atoms with Crippen LogP contribution in [0.4, 0.5) is 0 Å². The highest BCUT2D eigenvalue weighted by Gasteiger charge is 2.80. The molecule has 6 heteroatoms. The van der Waals surface area contributed by atoms with Crippen molar-refractivity contribution < 1.29 is 17.3 Å². The van der Waals surface area contributed by atoms with E-state index in [1.54, 1.807) is 24.3 Å². The molecule has 0 amide bonds. The van der Waals surface area contributed by atoms with Gasteiger partial charge in [0, 0.05) is 11.8 Å². The minimum Gasteiger partial charge on any atom is -0.374 e. The normalized spacial score (nSPS) is 50.7. The van der Waals surface area contributed by atoms with Crippen LogP contribution >= 0.6 is 0 Å². The van der Waals surface area contributed by atoms with Crippen LogP contribution in [-0.4, -0.2) is 26.7 Å². The SMILES string of the molecule is Cc1ccc(S(=O)(=O)O[C@H]2[C@H]3[C@H]4O[C@H]5C[C@@H]6[C@H]([C@H](C#N)[C@@H]2[C@@H]64)[C@H]35)cc1. The van der Waals surface area contributed by atoms with Crippen molar-refractivity contribution in [3.8, 4) is 6.07 Å². The summed E-state index contributed by atoms with van der Waals surface area (Å²) in [6.07, 6.45) is 0.972. The number of benzene rings is 1. The molecule has 5 aliphatic rings. The van der Waals surface area contributed by atoms with E-state index < -0.39 is 16.2 Å². The van der Waals surface area contributed by atoms with Crippen LogP contribution < -0.4 is 0 Å². The van der Waals surface area contributed by atoms with Gasteiger partial charge in [0.25, 0.3) is 10.1 Å². The van der Waals surface area contributed by atoms with Gasteiger partial charge in [0.2, 0.25) is 0 Å². The van der Waals surface area contributed by atoms with E-state index in [1.165, 1.54) is 0 Å². The second-order valence-corrected chi connectivity index (χ2v) is 9.98. The Kier molecular flexibility index (Phi) is 2.62. The quantitative estimate of drug-likeness (QED) is 0.775. The summed E-state index contributed by atoms with van der Waals surface area (Å²) in [4.78, 5) is 0.197. The van der Waals surface area contributed by atoms with E-state index in [-0.39, 0.29) is 34.9 Å². The van der Waals surface area contributed by atoms with Gasteiger partial charge in [-0.05, 0) is 49.1 Å². The monoisotopic (exact) mass is 357 g/mol. The van der Waals surface area contributed by atoms with E-state index in [1.807, 2.05) is 6.92 Å². The van der Waals surface area contributed by atoms with Gasteiger partial charge in [-0.25, -0.2) is 0 Å². The van der Waals surface area contributed by atoms with Gasteiger partial charge in [0.1, 0.15) is 0 Å². The lowest BCUT2D eigenvalue weighted by Crippen LogP contribution is -2.44. The molecule has 0 N–H and O–H groups in total. The van der Waals surface area contributed by atoms with Crippen molar-refractivity contribution in [3.63, 3.8) is 0 Å². The summed E-state index contributed by atoms with van der Waals surface area (Å²) in [5.41, 5.74) is 1.01. The second kappa shape index (κ2) is 4.46. The zero-order valence-corrected chi connectivity index (χ0v) is 14.6. The Bertz CT molecular complexity index is 904. The molecule has 1 saturated heterocycles. The van der Waals surface area contributed by atoms with Gasteiger partial charge in [-0.3, -0.25) is 4.18 Å². The van der Waals surface area contributed by atoms with Crippen molar-refractivity contribution in [1.29, 1.82) is 5.26 Å². The summed E-state index contributed by atoms with van der Waals surface area (Å²) in [5.74, 6) is 1.64. The molecule has 5 nitrogen and oxygen atoms in total. The van der Waals surface area contributed by atoms with E-state index in [9.17, 15) is 13.7 Å². The van der Waals surface area contributed by atoms with Gasteiger partial charge in [-0.15, -0.1) is 0 Å². The third-order valence-electron chi connectivity index (χ3n) is 7.63. The number of rotatable bonds is 3. The predicted molar refractivity (Wildman–Crippen MR) is 86.6 cm³/mol. The summed E-state index contributed by atoms with van der Waals surface area (Å²) in [7, 11) is -3.83. The highest BCUT2D eigenvalue weighted by Crippen LogP contribution is 2.76. The summed E-state index contributed by atoms with van der Waals surface area (Å²) in [6, 6.07) is 9.25. The predicted octanol–water partition coefficient (Wildman–Crippen LogP) is 2.12. The topological polar surface area (TPSA) is 76.4 Å². The Morgan fingerprint density at radius 2 is 1.88 bits per heavy atom. The van der Waals surface area contributed by atoms with Crippen LogP contribution in [0.1, 0.15) is 12.0 Å². The molecular formula is C19H19NO4S. The number of ether oxygens (including phenoxy) is 1. The van der Waals surface area contributed by atoms with E-state index in [0.29, 0.717) is 23.7 Å². The van der Waals surface area contributed by atoms with Gasteiger partial charge in [-0.2, -0.15) is 13.7 Å². The molecule has 10 atom stereocenters. The third-order valence-corrected chi connectivity index (χ3v) is 8.96. The number of nitrogens with zero attached hydrogens (tertiary/aromatic N) is 1. The molecule has 5 fully saturated rings. The molecule has 0 unspecified atom stereocenters. The zero-order chi connectivity index (χ0) is 17.1. The maximum atomic E-state index is 12.8. The van der Waals surface area contributed by atoms with E-state index >= 15 is 0 Å². The van der Waals surface area contributed by atoms with Gasteiger partial charge in [0.05, 0.1) is 35.2 Å². The maximum absolute atomic E-state index is 12.8. The first-order valence-electron chi connectivity index (χ1n) is 9.06. The molecule has 25 heavy (non-hydrogen) atoms. The van der Waals surface area contributed by atoms with Crippen LogP contribution in [0.3, 0.4) is 0 Å². The molecule has 1 aromatic rings. The van der Waals surface area contributed by atoms with Gasteiger partial charge in [-0.1, -0.05) is 17.7 Å². The zero-order valence-electron chi connectivity index (χ0n) is 13.8. The molecule has 6 rings (SSSR count). The fourth-order valence-corrected chi connectivity index (χ4v) is 8.21. The molecule has 1 heterocycles. The first-order chi connectivity index (χ1) is 12.0. The lowest BCUT2D eigenvalue weighted by molar-refractivity contribution is -0.0439. The van der Waals surface area contributed by atoms with Crippen molar-refractivity contribution >= 4 is 10.1 Å². The van der Waals surface area contributed by atoms with Gasteiger partial charge >= 0.3 is 0 Å². The Balaban J connectivity index is 1.39. The highest BCUT2D eigenvalue weighted by atomic mass is 32.2. The molecule has 4 aliphatic carbocycles. The van der Waals surface area contributed by atoms with Crippen molar-refractivity contribution in [2.24, 2.45) is 41.4 Å². The average Bonchev–Trinajstić information content (AvgIpc) is 3.18. The van der Waals surface area contributed by atoms with Crippen molar-refractivity contribution in [3.05, 3.63) is 29.8 Å². The standard InChI is InChI=1S/C19H19NO4S/c1-8-2-4-9(5-3-8)25(21,22)24-19-15-11(7-20)13-10-6-12-16(13)17(19)18(23-12)14(10)15/h2-5,10-19H,6H2,1H3/t10-,11+,12+,13-,14-,15-,16-,17-,18+,19-/m1/s1. The Morgan fingerprint density at radius 1 is 1.12 bits per heavy atom. The van der Waals surface area contributed by atoms with E-state index in [4.69, 9.17) is 8.92 Å². The molecule has 4 saturated carbocycles. The lowest BCUT2D eigenvalue weighted by atomic mass is 9.67. The summed E-state index contributed by atoms with van der Waals surface area (Å²) in [5, 5.41) is 9.74. The Morgan fingerprint density at radius 3 is 2.60 bits per heavy atom. The third kappa shape index (κ3) is 1.59. The maximum Gasteiger partial charge on any atom is 0.297 e. The number of hydrogen-bond donors (Lipinski definition) is 0. The van der Waals surface area contributed by atoms with Gasteiger partial charge < -0.3 is 4.74 Å². The van der Waals surface area contributed by atoms with Crippen LogP contribution in [0.5, 0.6) is 0 Å². The fraction of sp³-hybridized carbons (Fsp3) is 0.632. The molecule has 130 valence electrons.